The van der Waals surface area contributed by atoms with Gasteiger partial charge in [0.1, 0.15) is 5.69 Å². The maximum Gasteiger partial charge on any atom is 0.356 e. The summed E-state index contributed by atoms with van der Waals surface area (Å²) < 4.78 is 4.43. The van der Waals surface area contributed by atoms with E-state index in [4.69, 9.17) is 0 Å². The zero-order valence-electron chi connectivity index (χ0n) is 6.85. The second-order valence-electron chi connectivity index (χ2n) is 2.10. The average molecular weight is 178 g/mol. The highest BCUT2D eigenvalue weighted by atomic mass is 16.5. The SMILES string of the molecule is COC(=O)c1ccc(N=C=O)cn1. The number of isocyanates is 1. The summed E-state index contributed by atoms with van der Waals surface area (Å²) in [4.78, 5) is 27.8. The van der Waals surface area contributed by atoms with E-state index >= 15 is 0 Å². The van der Waals surface area contributed by atoms with Gasteiger partial charge >= 0.3 is 5.97 Å². The molecule has 0 aliphatic heterocycles. The van der Waals surface area contributed by atoms with Crippen LogP contribution >= 0.6 is 0 Å². The third kappa shape index (κ3) is 2.21. The monoisotopic (exact) mass is 178 g/mol. The van der Waals surface area contributed by atoms with E-state index in [9.17, 15) is 9.59 Å². The van der Waals surface area contributed by atoms with Gasteiger partial charge in [0.25, 0.3) is 0 Å². The van der Waals surface area contributed by atoms with Crippen LogP contribution in [0.5, 0.6) is 0 Å². The Kier molecular flexibility index (Phi) is 2.89. The summed E-state index contributed by atoms with van der Waals surface area (Å²) in [5.74, 6) is -0.526. The van der Waals surface area contributed by atoms with Gasteiger partial charge in [0, 0.05) is 0 Å². The van der Waals surface area contributed by atoms with Crippen molar-refractivity contribution in [2.45, 2.75) is 0 Å². The molecule has 0 aliphatic rings. The number of hydrogen-bond donors (Lipinski definition) is 0. The maximum absolute atomic E-state index is 10.9. The van der Waals surface area contributed by atoms with Crippen molar-refractivity contribution in [3.8, 4) is 0 Å². The van der Waals surface area contributed by atoms with Crippen molar-refractivity contribution in [3.05, 3.63) is 24.0 Å². The summed E-state index contributed by atoms with van der Waals surface area (Å²) >= 11 is 0. The van der Waals surface area contributed by atoms with Crippen molar-refractivity contribution in [1.82, 2.24) is 4.98 Å². The quantitative estimate of drug-likeness (QED) is 0.382. The van der Waals surface area contributed by atoms with E-state index in [1.165, 1.54) is 31.5 Å². The van der Waals surface area contributed by atoms with Crippen LogP contribution in [0.2, 0.25) is 0 Å². The molecule has 66 valence electrons. The van der Waals surface area contributed by atoms with Gasteiger partial charge in [-0.2, -0.15) is 4.99 Å². The lowest BCUT2D eigenvalue weighted by Crippen LogP contribution is -2.02. The third-order valence-electron chi connectivity index (χ3n) is 1.32. The molecule has 0 aromatic carbocycles. The molecule has 1 aromatic rings. The van der Waals surface area contributed by atoms with Crippen LogP contribution in [-0.4, -0.2) is 24.1 Å². The summed E-state index contributed by atoms with van der Waals surface area (Å²) in [6.07, 6.45) is 2.65. The minimum absolute atomic E-state index is 0.173. The highest BCUT2D eigenvalue weighted by Gasteiger charge is 2.05. The minimum atomic E-state index is -0.526. The van der Waals surface area contributed by atoms with E-state index in [1.54, 1.807) is 0 Å². The van der Waals surface area contributed by atoms with Crippen molar-refractivity contribution >= 4 is 17.7 Å². The Balaban J connectivity index is 2.93. The predicted molar refractivity (Wildman–Crippen MR) is 43.4 cm³/mol. The first-order valence-corrected chi connectivity index (χ1v) is 3.40. The Morgan fingerprint density at radius 1 is 1.62 bits per heavy atom. The molecule has 0 radical (unpaired) electrons. The van der Waals surface area contributed by atoms with Gasteiger partial charge in [-0.15, -0.1) is 0 Å². The van der Waals surface area contributed by atoms with E-state index in [2.05, 4.69) is 14.7 Å². The van der Waals surface area contributed by atoms with E-state index < -0.39 is 5.97 Å². The van der Waals surface area contributed by atoms with Gasteiger partial charge in [-0.25, -0.2) is 14.6 Å². The van der Waals surface area contributed by atoms with Crippen LogP contribution in [0.1, 0.15) is 10.5 Å². The van der Waals surface area contributed by atoms with Gasteiger partial charge in [-0.05, 0) is 12.1 Å². The van der Waals surface area contributed by atoms with Crippen molar-refractivity contribution in [2.24, 2.45) is 4.99 Å². The number of esters is 1. The molecule has 5 heteroatoms. The summed E-state index contributed by atoms with van der Waals surface area (Å²) in [6, 6.07) is 2.90. The number of aliphatic imine (C=N–C) groups is 1. The molecule has 1 aromatic heterocycles. The molecule has 1 heterocycles. The zero-order chi connectivity index (χ0) is 9.68. The number of hydrogen-bond acceptors (Lipinski definition) is 5. The maximum atomic E-state index is 10.9. The zero-order valence-corrected chi connectivity index (χ0v) is 6.85. The number of nitrogens with zero attached hydrogens (tertiary/aromatic N) is 2. The number of rotatable bonds is 2. The van der Waals surface area contributed by atoms with E-state index in [-0.39, 0.29) is 5.69 Å². The number of aromatic nitrogens is 1. The number of pyridine rings is 1. The van der Waals surface area contributed by atoms with Crippen molar-refractivity contribution < 1.29 is 14.3 Å². The highest BCUT2D eigenvalue weighted by molar-refractivity contribution is 5.87. The van der Waals surface area contributed by atoms with Gasteiger partial charge < -0.3 is 4.74 Å². The molecular weight excluding hydrogens is 172 g/mol. The number of methoxy groups -OCH3 is 1. The molecule has 13 heavy (non-hydrogen) atoms. The molecule has 0 amide bonds. The summed E-state index contributed by atoms with van der Waals surface area (Å²) in [7, 11) is 1.27. The second kappa shape index (κ2) is 4.13. The Morgan fingerprint density at radius 2 is 2.38 bits per heavy atom. The van der Waals surface area contributed by atoms with E-state index in [1.807, 2.05) is 0 Å². The molecule has 0 aliphatic carbocycles. The van der Waals surface area contributed by atoms with Gasteiger partial charge in [-0.3, -0.25) is 0 Å². The molecule has 0 saturated carbocycles. The number of carbonyl (C=O) groups is 1. The number of carbonyl (C=O) groups excluding carboxylic acids is 2. The molecule has 0 unspecified atom stereocenters. The summed E-state index contributed by atoms with van der Waals surface area (Å²) in [6.45, 7) is 0. The van der Waals surface area contributed by atoms with Crippen LogP contribution in [0.25, 0.3) is 0 Å². The normalized spacial score (nSPS) is 8.69. The Labute approximate surface area is 74.1 Å². The first-order chi connectivity index (χ1) is 6.27. The molecule has 0 saturated heterocycles. The van der Waals surface area contributed by atoms with Gasteiger partial charge in [0.2, 0.25) is 6.08 Å². The molecule has 0 spiro atoms. The fourth-order valence-corrected chi connectivity index (χ4v) is 0.730. The Morgan fingerprint density at radius 3 is 2.85 bits per heavy atom. The lowest BCUT2D eigenvalue weighted by atomic mass is 10.3. The van der Waals surface area contributed by atoms with Gasteiger partial charge in [0.15, 0.2) is 0 Å². The van der Waals surface area contributed by atoms with Crippen molar-refractivity contribution in [2.75, 3.05) is 7.11 Å². The van der Waals surface area contributed by atoms with E-state index in [0.29, 0.717) is 5.69 Å². The van der Waals surface area contributed by atoms with Crippen LogP contribution in [0.15, 0.2) is 23.3 Å². The van der Waals surface area contributed by atoms with Gasteiger partial charge in [0.05, 0.1) is 19.0 Å². The topological polar surface area (TPSA) is 68.6 Å². The largest absolute Gasteiger partial charge is 0.464 e. The lowest BCUT2D eigenvalue weighted by molar-refractivity contribution is 0.0594. The van der Waals surface area contributed by atoms with Crippen molar-refractivity contribution in [1.29, 1.82) is 0 Å². The third-order valence-corrected chi connectivity index (χ3v) is 1.32. The summed E-state index contributed by atoms with van der Waals surface area (Å²) in [5.41, 5.74) is 0.523. The van der Waals surface area contributed by atoms with Crippen LogP contribution in [-0.2, 0) is 9.53 Å². The molecule has 0 N–H and O–H groups in total. The van der Waals surface area contributed by atoms with Crippen molar-refractivity contribution in [3.63, 3.8) is 0 Å². The minimum Gasteiger partial charge on any atom is -0.464 e. The fraction of sp³-hybridized carbons (Fsp3) is 0.125. The standard InChI is InChI=1S/C8H6N2O3/c1-13-8(12)7-3-2-6(4-9-7)10-5-11/h2-4H,1H3. The summed E-state index contributed by atoms with van der Waals surface area (Å²) in [5, 5.41) is 0. The average Bonchev–Trinajstić information content (AvgIpc) is 2.18. The predicted octanol–water partition coefficient (Wildman–Crippen LogP) is 0.835. The first kappa shape index (κ1) is 9.09. The number of ether oxygens (including phenoxy) is 1. The van der Waals surface area contributed by atoms with Crippen LogP contribution in [0, 0.1) is 0 Å². The molecular formula is C8H6N2O3. The lowest BCUT2D eigenvalue weighted by Gasteiger charge is -1.96. The van der Waals surface area contributed by atoms with Gasteiger partial charge in [-0.1, -0.05) is 0 Å². The first-order valence-electron chi connectivity index (χ1n) is 3.40. The van der Waals surface area contributed by atoms with Crippen LogP contribution in [0.4, 0.5) is 5.69 Å². The molecule has 0 fully saturated rings. The highest BCUT2D eigenvalue weighted by Crippen LogP contribution is 2.09. The Hall–Kier alpha value is -2.00. The smallest absolute Gasteiger partial charge is 0.356 e. The molecule has 0 bridgehead atoms. The molecule has 5 nitrogen and oxygen atoms in total. The van der Waals surface area contributed by atoms with Crippen LogP contribution < -0.4 is 0 Å². The molecule has 0 atom stereocenters. The Bertz CT molecular complexity index is 352. The van der Waals surface area contributed by atoms with Crippen LogP contribution in [0.3, 0.4) is 0 Å². The fourth-order valence-electron chi connectivity index (χ4n) is 0.730. The second-order valence-corrected chi connectivity index (χ2v) is 2.10. The molecule has 1 rings (SSSR count). The van der Waals surface area contributed by atoms with E-state index in [0.717, 1.165) is 0 Å².